The van der Waals surface area contributed by atoms with E-state index in [1.165, 1.54) is 36.4 Å². The molecule has 0 amide bonds. The highest BCUT2D eigenvalue weighted by Crippen LogP contribution is 2.71. The van der Waals surface area contributed by atoms with Crippen molar-refractivity contribution in [3.8, 4) is 17.2 Å². The van der Waals surface area contributed by atoms with Gasteiger partial charge in [-0.15, -0.1) is 0 Å². The van der Waals surface area contributed by atoms with Crippen molar-refractivity contribution in [1.82, 2.24) is 0 Å². The van der Waals surface area contributed by atoms with Crippen molar-refractivity contribution in [3.63, 3.8) is 0 Å². The first kappa shape index (κ1) is 43.7. The van der Waals surface area contributed by atoms with Crippen molar-refractivity contribution in [3.05, 3.63) is 111 Å². The molecule has 9 nitrogen and oxygen atoms in total. The molecule has 0 aliphatic carbocycles. The third kappa shape index (κ3) is 9.51. The first-order valence-electron chi connectivity index (χ1n) is 15.2. The minimum atomic E-state index is -7.57. The van der Waals surface area contributed by atoms with E-state index in [-0.39, 0.29) is 71.6 Å². The minimum absolute atomic E-state index is 0.0376. The Balaban J connectivity index is 2.30. The fourth-order valence-corrected chi connectivity index (χ4v) is 9.45. The normalized spacial score (nSPS) is 13.0. The van der Waals surface area contributed by atoms with Crippen LogP contribution < -0.4 is 14.2 Å². The van der Waals surface area contributed by atoms with Gasteiger partial charge < -0.3 is 28.4 Å². The Morgan fingerprint density at radius 1 is 0.481 bits per heavy atom. The van der Waals surface area contributed by atoms with Crippen LogP contribution in [0.15, 0.2) is 126 Å². The van der Waals surface area contributed by atoms with Crippen LogP contribution in [0.3, 0.4) is 0 Å². The number of alkyl halides is 9. The lowest BCUT2D eigenvalue weighted by molar-refractivity contribution is -0.382. The second-order valence-electron chi connectivity index (χ2n) is 10.3. The van der Waals surface area contributed by atoms with E-state index in [1.807, 2.05) is 0 Å². The summed E-state index contributed by atoms with van der Waals surface area (Å²) in [4.78, 5) is -1.03. The highest BCUT2D eigenvalue weighted by Gasteiger charge is 2.86. The van der Waals surface area contributed by atoms with Crippen LogP contribution in [0.5, 0.6) is 17.2 Å². The Morgan fingerprint density at radius 3 is 1.04 bits per heavy atom. The standard InChI is InChI=1S/C34H33F9O9S2/c1-4-46-19-22-49-25-7-13-28(14-8-25)53(29-15-9-26(10-16-29)50-23-20-47-5-2,30-17-11-27(12-18-30)51-24-21-48-6-3)52-54(44,45)34(42,43)32(37,38)31(35,36)33(39,40)41/h4-18H,1-3,19-24H2. The maximum Gasteiger partial charge on any atom is 0.460 e. The summed E-state index contributed by atoms with van der Waals surface area (Å²) in [6, 6.07) is 13.9. The average Bonchev–Trinajstić information content (AvgIpc) is 3.13. The number of halogens is 9. The van der Waals surface area contributed by atoms with Gasteiger partial charge in [-0.3, -0.25) is 0 Å². The second kappa shape index (κ2) is 18.1. The lowest BCUT2D eigenvalue weighted by Crippen LogP contribution is -2.63. The molecule has 0 aliphatic rings. The predicted octanol–water partition coefficient (Wildman–Crippen LogP) is 9.27. The molecule has 3 aromatic rings. The fraction of sp³-hybridized carbons (Fsp3) is 0.294. The van der Waals surface area contributed by atoms with E-state index < -0.39 is 43.7 Å². The Labute approximate surface area is 306 Å². The van der Waals surface area contributed by atoms with Gasteiger partial charge in [0.25, 0.3) is 0 Å². The van der Waals surface area contributed by atoms with Crippen molar-refractivity contribution in [2.24, 2.45) is 0 Å². The second-order valence-corrected chi connectivity index (χ2v) is 14.8. The largest absolute Gasteiger partial charge is 0.498 e. The zero-order valence-corrected chi connectivity index (χ0v) is 29.5. The molecular formula is C34H33F9O9S2. The van der Waals surface area contributed by atoms with Crippen molar-refractivity contribution in [1.29, 1.82) is 0 Å². The summed E-state index contributed by atoms with van der Waals surface area (Å²) >= 11 is 0. The summed E-state index contributed by atoms with van der Waals surface area (Å²) < 4.78 is 190. The van der Waals surface area contributed by atoms with E-state index in [1.54, 1.807) is 0 Å². The number of ether oxygens (including phenoxy) is 6. The van der Waals surface area contributed by atoms with Gasteiger partial charge in [-0.25, -0.2) is 3.63 Å². The SMILES string of the molecule is C=COCCOc1ccc(S(OS(=O)(=O)C(F)(F)C(F)(F)C(F)(F)C(F)(F)F)(c2ccc(OCCOC=C)cc2)c2ccc(OCCOC=C)cc2)cc1. The van der Waals surface area contributed by atoms with Crippen LogP contribution in [0.4, 0.5) is 39.5 Å². The van der Waals surface area contributed by atoms with Gasteiger partial charge in [0, 0.05) is 14.7 Å². The lowest BCUT2D eigenvalue weighted by Gasteiger charge is -2.41. The summed E-state index contributed by atoms with van der Waals surface area (Å²) in [7, 11) is -11.8. The Hall–Kier alpha value is -4.69. The highest BCUT2D eigenvalue weighted by molar-refractivity contribution is 8.33. The van der Waals surface area contributed by atoms with Gasteiger partial charge in [-0.05, 0) is 83.1 Å². The molecule has 0 unspecified atom stereocenters. The van der Waals surface area contributed by atoms with E-state index >= 15 is 8.78 Å². The Kier molecular flexibility index (Phi) is 14.6. The van der Waals surface area contributed by atoms with Gasteiger partial charge in [-0.1, -0.05) is 19.7 Å². The van der Waals surface area contributed by atoms with E-state index in [0.717, 1.165) is 55.2 Å². The van der Waals surface area contributed by atoms with Gasteiger partial charge in [0.1, 0.15) is 56.9 Å². The van der Waals surface area contributed by atoms with Crippen LogP contribution >= 0.6 is 10.3 Å². The smallest absolute Gasteiger partial charge is 0.460 e. The number of rotatable bonds is 23. The Bertz CT molecular complexity index is 1640. The van der Waals surface area contributed by atoms with Crippen molar-refractivity contribution >= 4 is 20.4 Å². The van der Waals surface area contributed by atoms with Crippen molar-refractivity contribution in [2.45, 2.75) is 38.0 Å². The molecule has 0 saturated carbocycles. The summed E-state index contributed by atoms with van der Waals surface area (Å²) in [5.74, 6) is -14.8. The third-order valence-electron chi connectivity index (χ3n) is 6.85. The van der Waals surface area contributed by atoms with Gasteiger partial charge in [0.05, 0.1) is 18.8 Å². The molecule has 0 atom stereocenters. The first-order valence-corrected chi connectivity index (χ1v) is 18.1. The van der Waals surface area contributed by atoms with Crippen molar-refractivity contribution < 1.29 is 80.0 Å². The van der Waals surface area contributed by atoms with Gasteiger partial charge in [0.15, 0.2) is 0 Å². The first-order chi connectivity index (χ1) is 25.3. The number of benzene rings is 3. The molecule has 0 spiro atoms. The van der Waals surface area contributed by atoms with E-state index in [2.05, 4.69) is 19.7 Å². The van der Waals surface area contributed by atoms with E-state index in [0.29, 0.717) is 0 Å². The zero-order valence-electron chi connectivity index (χ0n) is 27.9. The molecule has 0 aliphatic heterocycles. The molecule has 0 bridgehead atoms. The van der Waals surface area contributed by atoms with Gasteiger partial charge in [0.2, 0.25) is 0 Å². The maximum atomic E-state index is 15.3. The molecule has 3 rings (SSSR count). The molecule has 20 heteroatoms. The monoisotopic (exact) mass is 820 g/mol. The highest BCUT2D eigenvalue weighted by atomic mass is 32.3. The molecule has 0 saturated heterocycles. The molecular weight excluding hydrogens is 787 g/mol. The molecule has 0 heterocycles. The summed E-state index contributed by atoms with van der Waals surface area (Å²) in [5.41, 5.74) is 0. The number of hydrogen-bond acceptors (Lipinski definition) is 9. The maximum absolute atomic E-state index is 15.3. The van der Waals surface area contributed by atoms with Crippen LogP contribution in [0.25, 0.3) is 0 Å². The summed E-state index contributed by atoms with van der Waals surface area (Å²) in [5, 5.41) is -7.17. The van der Waals surface area contributed by atoms with Crippen LogP contribution in [0, 0.1) is 0 Å². The van der Waals surface area contributed by atoms with E-state index in [4.69, 9.17) is 32.1 Å². The average molecular weight is 821 g/mol. The molecule has 0 radical (unpaired) electrons. The molecule has 54 heavy (non-hydrogen) atoms. The van der Waals surface area contributed by atoms with Gasteiger partial charge in [-0.2, -0.15) is 47.9 Å². The van der Waals surface area contributed by atoms with E-state index in [9.17, 15) is 39.2 Å². The van der Waals surface area contributed by atoms with Crippen LogP contribution in [0.2, 0.25) is 0 Å². The van der Waals surface area contributed by atoms with Crippen molar-refractivity contribution in [2.75, 3.05) is 39.6 Å². The molecule has 0 N–H and O–H groups in total. The van der Waals surface area contributed by atoms with Crippen LogP contribution in [0.1, 0.15) is 0 Å². The number of hydrogen-bond donors (Lipinski definition) is 0. The van der Waals surface area contributed by atoms with Crippen LogP contribution in [-0.2, 0) is 28.0 Å². The zero-order chi connectivity index (χ0) is 40.3. The van der Waals surface area contributed by atoms with Crippen LogP contribution in [-0.4, -0.2) is 71.3 Å². The minimum Gasteiger partial charge on any atom is -0.498 e. The quantitative estimate of drug-likeness (QED) is 0.0527. The lowest BCUT2D eigenvalue weighted by atomic mass is 10.1. The Morgan fingerprint density at radius 2 is 0.778 bits per heavy atom. The molecule has 3 aromatic carbocycles. The molecule has 298 valence electrons. The third-order valence-corrected chi connectivity index (χ3v) is 12.1. The van der Waals surface area contributed by atoms with Gasteiger partial charge >= 0.3 is 33.4 Å². The summed E-state index contributed by atoms with van der Waals surface area (Å²) in [6.45, 7) is 10.1. The predicted molar refractivity (Wildman–Crippen MR) is 178 cm³/mol. The topological polar surface area (TPSA) is 98.8 Å². The molecule has 0 aromatic heterocycles. The fourth-order valence-electron chi connectivity index (χ4n) is 4.28. The summed E-state index contributed by atoms with van der Waals surface area (Å²) in [6.07, 6.45) is -3.88. The molecule has 0 fully saturated rings.